The quantitative estimate of drug-likeness (QED) is 0.807. The first-order valence-electron chi connectivity index (χ1n) is 8.55. The van der Waals surface area contributed by atoms with E-state index in [-0.39, 0.29) is 5.92 Å². The van der Waals surface area contributed by atoms with Gasteiger partial charge in [0, 0.05) is 45.1 Å². The van der Waals surface area contributed by atoms with Crippen LogP contribution in [0.1, 0.15) is 37.5 Å². The molecular formula is C19H30N2O. The monoisotopic (exact) mass is 302 g/mol. The van der Waals surface area contributed by atoms with Gasteiger partial charge in [-0.25, -0.2) is 0 Å². The average Bonchev–Trinajstić information content (AvgIpc) is 2.50. The van der Waals surface area contributed by atoms with Crippen LogP contribution in [0.4, 0.5) is 0 Å². The number of nitrogens with zero attached hydrogens (tertiary/aromatic N) is 2. The van der Waals surface area contributed by atoms with Crippen LogP contribution in [-0.4, -0.2) is 48.3 Å². The van der Waals surface area contributed by atoms with E-state index in [1.165, 1.54) is 24.2 Å². The van der Waals surface area contributed by atoms with E-state index in [2.05, 4.69) is 41.8 Å². The molecule has 0 aliphatic carbocycles. The van der Waals surface area contributed by atoms with E-state index >= 15 is 0 Å². The number of carbonyl (C=O) groups is 1. The summed E-state index contributed by atoms with van der Waals surface area (Å²) in [5.41, 5.74) is 3.86. The summed E-state index contributed by atoms with van der Waals surface area (Å²) in [7, 11) is 0. The normalized spacial score (nSPS) is 17.1. The van der Waals surface area contributed by atoms with Crippen molar-refractivity contribution < 1.29 is 4.79 Å². The van der Waals surface area contributed by atoms with Crippen LogP contribution in [0.15, 0.2) is 18.2 Å². The fourth-order valence-electron chi connectivity index (χ4n) is 2.96. The smallest absolute Gasteiger partial charge is 0.139 e. The Labute approximate surface area is 135 Å². The molecular weight excluding hydrogens is 272 g/mol. The summed E-state index contributed by atoms with van der Waals surface area (Å²) in [5.74, 6) is 0.442. The zero-order chi connectivity index (χ0) is 16.1. The van der Waals surface area contributed by atoms with Gasteiger partial charge < -0.3 is 4.90 Å². The predicted molar refractivity (Wildman–Crippen MR) is 92.1 cm³/mol. The molecule has 0 aromatic heterocycles. The van der Waals surface area contributed by atoms with Gasteiger partial charge in [0.2, 0.25) is 0 Å². The van der Waals surface area contributed by atoms with Crippen molar-refractivity contribution in [2.24, 2.45) is 5.92 Å². The summed E-state index contributed by atoms with van der Waals surface area (Å²) in [6, 6.07) is 6.54. The number of likely N-dealkylation sites (N-methyl/N-ethyl adjacent to an activating group) is 1. The molecule has 0 bridgehead atoms. The third kappa shape index (κ3) is 4.65. The van der Waals surface area contributed by atoms with E-state index in [1.807, 2.05) is 13.8 Å². The van der Waals surface area contributed by atoms with Gasteiger partial charge in [-0.05, 0) is 30.2 Å². The molecule has 2 rings (SSSR count). The first kappa shape index (κ1) is 17.2. The second-order valence-electron chi connectivity index (χ2n) is 6.77. The number of carbonyl (C=O) groups excluding carboxylic acids is 1. The van der Waals surface area contributed by atoms with Gasteiger partial charge in [0.1, 0.15) is 5.78 Å². The van der Waals surface area contributed by atoms with Gasteiger partial charge in [0.05, 0.1) is 0 Å². The first-order chi connectivity index (χ1) is 10.5. The van der Waals surface area contributed by atoms with Crippen LogP contribution in [0.25, 0.3) is 0 Å². The summed E-state index contributed by atoms with van der Waals surface area (Å²) in [4.78, 5) is 16.9. The largest absolute Gasteiger partial charge is 0.301 e. The van der Waals surface area contributed by atoms with Gasteiger partial charge in [-0.15, -0.1) is 0 Å². The second kappa shape index (κ2) is 7.89. The lowest BCUT2D eigenvalue weighted by Gasteiger charge is -2.34. The molecule has 0 saturated carbocycles. The van der Waals surface area contributed by atoms with E-state index in [9.17, 15) is 4.79 Å². The lowest BCUT2D eigenvalue weighted by atomic mass is 9.97. The molecule has 3 nitrogen and oxygen atoms in total. The second-order valence-corrected chi connectivity index (χ2v) is 6.77. The zero-order valence-electron chi connectivity index (χ0n) is 14.6. The molecule has 1 aliphatic rings. The highest BCUT2D eigenvalue weighted by atomic mass is 16.1. The molecule has 22 heavy (non-hydrogen) atoms. The molecule has 0 unspecified atom stereocenters. The number of piperazine rings is 1. The predicted octanol–water partition coefficient (Wildman–Crippen LogP) is 2.90. The minimum absolute atomic E-state index is 0.120. The van der Waals surface area contributed by atoms with Crippen LogP contribution in [-0.2, 0) is 17.8 Å². The Balaban J connectivity index is 1.94. The summed E-state index contributed by atoms with van der Waals surface area (Å²) in [6.07, 6.45) is 0.563. The van der Waals surface area contributed by atoms with E-state index in [1.54, 1.807) is 0 Å². The lowest BCUT2D eigenvalue weighted by Crippen LogP contribution is -2.45. The summed E-state index contributed by atoms with van der Waals surface area (Å²) >= 11 is 0. The van der Waals surface area contributed by atoms with E-state index in [0.717, 1.165) is 31.7 Å². The molecule has 3 heteroatoms. The van der Waals surface area contributed by atoms with Gasteiger partial charge in [0.25, 0.3) is 0 Å². The molecule has 0 amide bonds. The van der Waals surface area contributed by atoms with Gasteiger partial charge in [-0.2, -0.15) is 0 Å². The molecule has 0 N–H and O–H groups in total. The summed E-state index contributed by atoms with van der Waals surface area (Å²) in [5, 5.41) is 0. The van der Waals surface area contributed by atoms with Crippen molar-refractivity contribution in [2.75, 3.05) is 32.7 Å². The number of rotatable bonds is 6. The SMILES string of the molecule is CCN1CCN(Cc2ccc(CC(=O)C(C)C)cc2C)CC1. The Hall–Kier alpha value is -1.19. The van der Waals surface area contributed by atoms with E-state index < -0.39 is 0 Å². The molecule has 1 saturated heterocycles. The third-order valence-corrected chi connectivity index (χ3v) is 4.74. The molecule has 1 aromatic rings. The van der Waals surface area contributed by atoms with Crippen LogP contribution in [0.2, 0.25) is 0 Å². The van der Waals surface area contributed by atoms with Crippen molar-refractivity contribution in [1.82, 2.24) is 9.80 Å². The van der Waals surface area contributed by atoms with Crippen molar-refractivity contribution in [1.29, 1.82) is 0 Å². The topological polar surface area (TPSA) is 23.6 Å². The van der Waals surface area contributed by atoms with Crippen LogP contribution in [0.5, 0.6) is 0 Å². The van der Waals surface area contributed by atoms with Gasteiger partial charge in [0.15, 0.2) is 0 Å². The summed E-state index contributed by atoms with van der Waals surface area (Å²) < 4.78 is 0. The van der Waals surface area contributed by atoms with E-state index in [4.69, 9.17) is 0 Å². The minimum atomic E-state index is 0.120. The number of hydrogen-bond acceptors (Lipinski definition) is 3. The van der Waals surface area contributed by atoms with Crippen molar-refractivity contribution in [2.45, 2.75) is 40.7 Å². The molecule has 1 fully saturated rings. The highest BCUT2D eigenvalue weighted by molar-refractivity contribution is 5.82. The van der Waals surface area contributed by atoms with Gasteiger partial charge in [-0.3, -0.25) is 9.69 Å². The maximum atomic E-state index is 11.9. The summed E-state index contributed by atoms with van der Waals surface area (Å²) in [6.45, 7) is 15.2. The zero-order valence-corrected chi connectivity index (χ0v) is 14.6. The van der Waals surface area contributed by atoms with Crippen molar-refractivity contribution in [3.05, 3.63) is 34.9 Å². The molecule has 0 radical (unpaired) electrons. The van der Waals surface area contributed by atoms with Crippen LogP contribution < -0.4 is 0 Å². The molecule has 1 aromatic carbocycles. The molecule has 0 atom stereocenters. The molecule has 1 aliphatic heterocycles. The van der Waals surface area contributed by atoms with Crippen molar-refractivity contribution in [3.63, 3.8) is 0 Å². The highest BCUT2D eigenvalue weighted by Gasteiger charge is 2.16. The maximum absolute atomic E-state index is 11.9. The Kier molecular flexibility index (Phi) is 6.16. The van der Waals surface area contributed by atoms with Crippen LogP contribution in [0.3, 0.4) is 0 Å². The Morgan fingerprint density at radius 2 is 1.77 bits per heavy atom. The number of Topliss-reactive ketones (excluding diaryl/α,β-unsaturated/α-hetero) is 1. The Bertz CT molecular complexity index is 502. The molecule has 1 heterocycles. The van der Waals surface area contributed by atoms with Crippen molar-refractivity contribution >= 4 is 5.78 Å². The highest BCUT2D eigenvalue weighted by Crippen LogP contribution is 2.16. The number of ketones is 1. The fourth-order valence-corrected chi connectivity index (χ4v) is 2.96. The van der Waals surface area contributed by atoms with Gasteiger partial charge in [-0.1, -0.05) is 39.0 Å². The standard InChI is InChI=1S/C19H30N2O/c1-5-20-8-10-21(11-9-20)14-18-7-6-17(12-16(18)4)13-19(22)15(2)3/h6-7,12,15H,5,8-11,13-14H2,1-4H3. The minimum Gasteiger partial charge on any atom is -0.301 e. The molecule has 122 valence electrons. The Morgan fingerprint density at radius 1 is 1.14 bits per heavy atom. The Morgan fingerprint density at radius 3 is 2.32 bits per heavy atom. The van der Waals surface area contributed by atoms with E-state index in [0.29, 0.717) is 12.2 Å². The molecule has 0 spiro atoms. The maximum Gasteiger partial charge on any atom is 0.139 e. The average molecular weight is 302 g/mol. The number of benzene rings is 1. The van der Waals surface area contributed by atoms with Crippen LogP contribution in [0, 0.1) is 12.8 Å². The first-order valence-corrected chi connectivity index (χ1v) is 8.55. The van der Waals surface area contributed by atoms with Crippen molar-refractivity contribution in [3.8, 4) is 0 Å². The number of aryl methyl sites for hydroxylation is 1. The fraction of sp³-hybridized carbons (Fsp3) is 0.632. The lowest BCUT2D eigenvalue weighted by molar-refractivity contribution is -0.121. The third-order valence-electron chi connectivity index (χ3n) is 4.74. The number of hydrogen-bond donors (Lipinski definition) is 0. The van der Waals surface area contributed by atoms with Crippen LogP contribution >= 0.6 is 0 Å². The van der Waals surface area contributed by atoms with Gasteiger partial charge >= 0.3 is 0 Å².